The Balaban J connectivity index is 1.90. The van der Waals surface area contributed by atoms with E-state index in [0.29, 0.717) is 29.2 Å². The van der Waals surface area contributed by atoms with Gasteiger partial charge in [-0.1, -0.05) is 33.3 Å². The normalized spacial score (nSPS) is 31.5. The van der Waals surface area contributed by atoms with Crippen LogP contribution in [-0.4, -0.2) is 11.1 Å². The molecule has 2 nitrogen and oxygen atoms in total. The number of fused-ring (bicyclic) bond motifs is 1. The highest BCUT2D eigenvalue weighted by Crippen LogP contribution is 2.48. The Hall–Kier alpha value is -1.02. The minimum Gasteiger partial charge on any atom is -0.508 e. The van der Waals surface area contributed by atoms with Crippen LogP contribution in [0.1, 0.15) is 75.1 Å². The van der Waals surface area contributed by atoms with Gasteiger partial charge >= 0.3 is 0 Å². The highest BCUT2D eigenvalue weighted by Gasteiger charge is 2.39. The fourth-order valence-electron chi connectivity index (χ4n) is 4.37. The summed E-state index contributed by atoms with van der Waals surface area (Å²) < 4.78 is 0. The van der Waals surface area contributed by atoms with Crippen LogP contribution in [-0.2, 0) is 0 Å². The SMILES string of the molecule is Cc1ccc(O)c2c1C(C)CC2NC1CCCC1(C)C. The van der Waals surface area contributed by atoms with Crippen LogP contribution >= 0.6 is 0 Å². The average molecular weight is 273 g/mol. The molecule has 0 bridgehead atoms. The third-order valence-corrected chi connectivity index (χ3v) is 5.57. The van der Waals surface area contributed by atoms with Crippen molar-refractivity contribution >= 4 is 0 Å². The zero-order valence-corrected chi connectivity index (χ0v) is 13.2. The molecule has 0 aliphatic heterocycles. The van der Waals surface area contributed by atoms with Crippen molar-refractivity contribution < 1.29 is 5.11 Å². The van der Waals surface area contributed by atoms with Crippen LogP contribution in [0.2, 0.25) is 0 Å². The Bertz CT molecular complexity index is 520. The first-order valence-electron chi connectivity index (χ1n) is 7.98. The summed E-state index contributed by atoms with van der Waals surface area (Å²) in [6, 6.07) is 4.81. The maximum atomic E-state index is 10.3. The minimum absolute atomic E-state index is 0.322. The number of aromatic hydroxyl groups is 1. The van der Waals surface area contributed by atoms with Crippen LogP contribution in [0.5, 0.6) is 5.75 Å². The van der Waals surface area contributed by atoms with Gasteiger partial charge < -0.3 is 10.4 Å². The largest absolute Gasteiger partial charge is 0.508 e. The van der Waals surface area contributed by atoms with Gasteiger partial charge in [0.1, 0.15) is 5.75 Å². The molecular formula is C18H27NO. The predicted molar refractivity (Wildman–Crippen MR) is 83.2 cm³/mol. The highest BCUT2D eigenvalue weighted by molar-refractivity contribution is 5.51. The van der Waals surface area contributed by atoms with Crippen molar-refractivity contribution in [2.45, 2.75) is 71.4 Å². The van der Waals surface area contributed by atoms with E-state index in [2.05, 4.69) is 33.0 Å². The lowest BCUT2D eigenvalue weighted by Crippen LogP contribution is -2.39. The van der Waals surface area contributed by atoms with Gasteiger partial charge in [0.15, 0.2) is 0 Å². The van der Waals surface area contributed by atoms with E-state index in [1.807, 2.05) is 12.1 Å². The van der Waals surface area contributed by atoms with E-state index in [4.69, 9.17) is 0 Å². The third-order valence-electron chi connectivity index (χ3n) is 5.57. The summed E-state index contributed by atoms with van der Waals surface area (Å²) in [7, 11) is 0. The van der Waals surface area contributed by atoms with Crippen molar-refractivity contribution in [2.75, 3.05) is 0 Å². The lowest BCUT2D eigenvalue weighted by Gasteiger charge is -2.31. The van der Waals surface area contributed by atoms with Gasteiger partial charge in [-0.05, 0) is 54.7 Å². The number of nitrogens with one attached hydrogen (secondary N) is 1. The molecule has 1 aromatic rings. The molecule has 0 saturated heterocycles. The molecule has 2 heteroatoms. The number of benzene rings is 1. The topological polar surface area (TPSA) is 32.3 Å². The molecule has 0 radical (unpaired) electrons. The van der Waals surface area contributed by atoms with Crippen LogP contribution in [0.4, 0.5) is 0 Å². The molecule has 110 valence electrons. The molecule has 0 aromatic heterocycles. The van der Waals surface area contributed by atoms with E-state index in [-0.39, 0.29) is 0 Å². The molecule has 0 spiro atoms. The second-order valence-corrected chi connectivity index (χ2v) is 7.52. The minimum atomic E-state index is 0.322. The van der Waals surface area contributed by atoms with E-state index in [9.17, 15) is 5.11 Å². The van der Waals surface area contributed by atoms with Gasteiger partial charge in [-0.15, -0.1) is 0 Å². The highest BCUT2D eigenvalue weighted by atomic mass is 16.3. The summed E-state index contributed by atoms with van der Waals surface area (Å²) >= 11 is 0. The smallest absolute Gasteiger partial charge is 0.120 e. The number of phenols is 1. The van der Waals surface area contributed by atoms with Gasteiger partial charge in [0, 0.05) is 17.6 Å². The number of hydrogen-bond acceptors (Lipinski definition) is 2. The van der Waals surface area contributed by atoms with Crippen LogP contribution in [0.3, 0.4) is 0 Å². The first kappa shape index (κ1) is 13.9. The molecule has 2 N–H and O–H groups in total. The zero-order chi connectivity index (χ0) is 14.5. The van der Waals surface area contributed by atoms with Crippen molar-refractivity contribution in [3.8, 4) is 5.75 Å². The second-order valence-electron chi connectivity index (χ2n) is 7.52. The molecule has 2 aliphatic carbocycles. The van der Waals surface area contributed by atoms with E-state index < -0.39 is 0 Å². The van der Waals surface area contributed by atoms with Gasteiger partial charge in [-0.25, -0.2) is 0 Å². The van der Waals surface area contributed by atoms with Crippen molar-refractivity contribution in [3.05, 3.63) is 28.8 Å². The van der Waals surface area contributed by atoms with Crippen LogP contribution in [0.15, 0.2) is 12.1 Å². The first-order valence-corrected chi connectivity index (χ1v) is 7.98. The van der Waals surface area contributed by atoms with Crippen molar-refractivity contribution in [3.63, 3.8) is 0 Å². The van der Waals surface area contributed by atoms with E-state index in [1.54, 1.807) is 0 Å². The number of aryl methyl sites for hydroxylation is 1. The summed E-state index contributed by atoms with van der Waals surface area (Å²) in [5.41, 5.74) is 4.24. The predicted octanol–water partition coefficient (Wildman–Crippen LogP) is 4.42. The fourth-order valence-corrected chi connectivity index (χ4v) is 4.37. The maximum Gasteiger partial charge on any atom is 0.120 e. The molecule has 3 atom stereocenters. The number of phenolic OH excluding ortho intramolecular Hbond substituents is 1. The summed E-state index contributed by atoms with van der Waals surface area (Å²) in [5, 5.41) is 14.2. The van der Waals surface area contributed by atoms with E-state index >= 15 is 0 Å². The van der Waals surface area contributed by atoms with E-state index in [1.165, 1.54) is 36.0 Å². The van der Waals surface area contributed by atoms with Crippen molar-refractivity contribution in [1.29, 1.82) is 0 Å². The molecule has 20 heavy (non-hydrogen) atoms. The van der Waals surface area contributed by atoms with Crippen LogP contribution < -0.4 is 5.32 Å². The Morgan fingerprint density at radius 1 is 1.25 bits per heavy atom. The Labute approximate surface area is 122 Å². The lowest BCUT2D eigenvalue weighted by molar-refractivity contribution is 0.257. The van der Waals surface area contributed by atoms with Gasteiger partial charge in [0.25, 0.3) is 0 Å². The van der Waals surface area contributed by atoms with Crippen molar-refractivity contribution in [1.82, 2.24) is 5.32 Å². The van der Waals surface area contributed by atoms with Gasteiger partial charge in [-0.2, -0.15) is 0 Å². The Morgan fingerprint density at radius 3 is 2.65 bits per heavy atom. The molecule has 2 aliphatic rings. The lowest BCUT2D eigenvalue weighted by atomic mass is 9.86. The number of rotatable bonds is 2. The van der Waals surface area contributed by atoms with Crippen LogP contribution in [0.25, 0.3) is 0 Å². The standard InChI is InChI=1S/C18H27NO/c1-11-7-8-14(20)17-13(10-12(2)16(11)17)19-15-6-5-9-18(15,3)4/h7-8,12-13,15,19-20H,5-6,9-10H2,1-4H3. The molecule has 1 aromatic carbocycles. The first-order chi connectivity index (χ1) is 9.40. The fraction of sp³-hybridized carbons (Fsp3) is 0.667. The van der Waals surface area contributed by atoms with E-state index in [0.717, 1.165) is 6.42 Å². The summed E-state index contributed by atoms with van der Waals surface area (Å²) in [5.74, 6) is 1.02. The molecular weight excluding hydrogens is 246 g/mol. The summed E-state index contributed by atoms with van der Waals surface area (Å²) in [4.78, 5) is 0. The van der Waals surface area contributed by atoms with Crippen molar-refractivity contribution in [2.24, 2.45) is 5.41 Å². The quantitative estimate of drug-likeness (QED) is 0.836. The summed E-state index contributed by atoms with van der Waals surface area (Å²) in [6.45, 7) is 9.18. The third kappa shape index (κ3) is 2.14. The Kier molecular flexibility index (Phi) is 3.32. The van der Waals surface area contributed by atoms with Gasteiger partial charge in [-0.3, -0.25) is 0 Å². The summed E-state index contributed by atoms with van der Waals surface area (Å²) in [6.07, 6.45) is 5.00. The zero-order valence-electron chi connectivity index (χ0n) is 13.2. The monoisotopic (exact) mass is 273 g/mol. The average Bonchev–Trinajstić information content (AvgIpc) is 2.87. The van der Waals surface area contributed by atoms with Gasteiger partial charge in [0.05, 0.1) is 0 Å². The molecule has 0 heterocycles. The second kappa shape index (κ2) is 4.77. The Morgan fingerprint density at radius 2 is 2.00 bits per heavy atom. The molecule has 1 fully saturated rings. The van der Waals surface area contributed by atoms with Crippen LogP contribution in [0, 0.1) is 12.3 Å². The molecule has 3 unspecified atom stereocenters. The number of hydrogen-bond donors (Lipinski definition) is 2. The van der Waals surface area contributed by atoms with Gasteiger partial charge in [0.2, 0.25) is 0 Å². The molecule has 0 amide bonds. The molecule has 1 saturated carbocycles. The molecule has 3 rings (SSSR count). The maximum absolute atomic E-state index is 10.3.